The number of rotatable bonds is 7. The zero-order valence-corrected chi connectivity index (χ0v) is 16.4. The van der Waals surface area contributed by atoms with Crippen molar-refractivity contribution < 1.29 is 19.1 Å². The Kier molecular flexibility index (Phi) is 6.07. The standard InChI is InChI=1S/C22H22ClNO4/c1-22(2,28-18-11-9-17(23)10-12-18)21(26)24-14-19(25)15-5-7-16(8-6-15)20-4-3-13-27-20/h3-13,19,25H,14H2,1-2H3,(H,24,26). The van der Waals surface area contributed by atoms with Crippen molar-refractivity contribution in [3.63, 3.8) is 0 Å². The van der Waals surface area contributed by atoms with Gasteiger partial charge in [0, 0.05) is 17.1 Å². The lowest BCUT2D eigenvalue weighted by atomic mass is 10.0. The van der Waals surface area contributed by atoms with Crippen molar-refractivity contribution in [1.29, 1.82) is 0 Å². The molecule has 1 amide bonds. The van der Waals surface area contributed by atoms with E-state index in [4.69, 9.17) is 20.8 Å². The lowest BCUT2D eigenvalue weighted by Gasteiger charge is -2.26. The molecular formula is C22H22ClNO4. The highest BCUT2D eigenvalue weighted by molar-refractivity contribution is 6.30. The van der Waals surface area contributed by atoms with Crippen LogP contribution in [0.3, 0.4) is 0 Å². The molecule has 0 saturated carbocycles. The second kappa shape index (κ2) is 8.50. The summed E-state index contributed by atoms with van der Waals surface area (Å²) in [6.07, 6.45) is 0.780. The third-order valence-corrected chi connectivity index (χ3v) is 4.54. The van der Waals surface area contributed by atoms with Gasteiger partial charge in [0.05, 0.1) is 12.4 Å². The molecule has 0 fully saturated rings. The Morgan fingerprint density at radius 1 is 1.14 bits per heavy atom. The van der Waals surface area contributed by atoms with Crippen molar-refractivity contribution in [3.05, 3.63) is 77.5 Å². The van der Waals surface area contributed by atoms with E-state index in [1.165, 1.54) is 0 Å². The van der Waals surface area contributed by atoms with E-state index in [0.717, 1.165) is 11.3 Å². The highest BCUT2D eigenvalue weighted by Crippen LogP contribution is 2.23. The summed E-state index contributed by atoms with van der Waals surface area (Å²) in [4.78, 5) is 12.5. The zero-order chi connectivity index (χ0) is 20.1. The van der Waals surface area contributed by atoms with Crippen molar-refractivity contribution in [2.75, 3.05) is 6.54 Å². The van der Waals surface area contributed by atoms with Crippen LogP contribution in [0.5, 0.6) is 5.75 Å². The number of ether oxygens (including phenoxy) is 1. The number of benzene rings is 2. The van der Waals surface area contributed by atoms with Crippen molar-refractivity contribution >= 4 is 17.5 Å². The minimum atomic E-state index is -1.10. The van der Waals surface area contributed by atoms with Crippen LogP contribution in [0.1, 0.15) is 25.5 Å². The molecule has 6 heteroatoms. The van der Waals surface area contributed by atoms with Gasteiger partial charge in [-0.2, -0.15) is 0 Å². The first-order valence-corrected chi connectivity index (χ1v) is 9.28. The lowest BCUT2D eigenvalue weighted by molar-refractivity contribution is -0.134. The van der Waals surface area contributed by atoms with E-state index in [1.807, 2.05) is 36.4 Å². The number of carbonyl (C=O) groups is 1. The highest BCUT2D eigenvalue weighted by atomic mass is 35.5. The summed E-state index contributed by atoms with van der Waals surface area (Å²) in [5.74, 6) is 0.975. The van der Waals surface area contributed by atoms with Crippen molar-refractivity contribution in [2.24, 2.45) is 0 Å². The maximum atomic E-state index is 12.5. The molecule has 146 valence electrons. The van der Waals surface area contributed by atoms with Gasteiger partial charge >= 0.3 is 0 Å². The predicted molar refractivity (Wildman–Crippen MR) is 108 cm³/mol. The fraction of sp³-hybridized carbons (Fsp3) is 0.227. The molecule has 0 bridgehead atoms. The fourth-order valence-corrected chi connectivity index (χ4v) is 2.80. The average Bonchev–Trinajstić information content (AvgIpc) is 3.22. The highest BCUT2D eigenvalue weighted by Gasteiger charge is 2.30. The predicted octanol–water partition coefficient (Wildman–Crippen LogP) is 4.61. The molecule has 0 aliphatic heterocycles. The second-order valence-electron chi connectivity index (χ2n) is 6.89. The second-order valence-corrected chi connectivity index (χ2v) is 7.33. The smallest absolute Gasteiger partial charge is 0.263 e. The Morgan fingerprint density at radius 3 is 2.43 bits per heavy atom. The van der Waals surface area contributed by atoms with Crippen molar-refractivity contribution in [2.45, 2.75) is 25.6 Å². The summed E-state index contributed by atoms with van der Waals surface area (Å²) in [6, 6.07) is 17.8. The number of amides is 1. The Morgan fingerprint density at radius 2 is 1.82 bits per heavy atom. The summed E-state index contributed by atoms with van der Waals surface area (Å²) in [7, 11) is 0. The number of aliphatic hydroxyl groups is 1. The van der Waals surface area contributed by atoms with Crippen LogP contribution < -0.4 is 10.1 Å². The molecular weight excluding hydrogens is 378 g/mol. The molecule has 0 aliphatic rings. The van der Waals surface area contributed by atoms with Gasteiger partial charge in [-0.05, 0) is 55.8 Å². The molecule has 0 radical (unpaired) electrons. The monoisotopic (exact) mass is 399 g/mol. The fourth-order valence-electron chi connectivity index (χ4n) is 2.68. The quantitative estimate of drug-likeness (QED) is 0.608. The summed E-state index contributed by atoms with van der Waals surface area (Å²) in [5, 5.41) is 13.7. The summed E-state index contributed by atoms with van der Waals surface area (Å²) in [6.45, 7) is 3.41. The Bertz CT molecular complexity index is 903. The molecule has 5 nitrogen and oxygen atoms in total. The van der Waals surface area contributed by atoms with E-state index in [2.05, 4.69) is 5.32 Å². The Balaban J connectivity index is 1.56. The van der Waals surface area contributed by atoms with Crippen LogP contribution in [0, 0.1) is 0 Å². The van der Waals surface area contributed by atoms with Gasteiger partial charge in [-0.1, -0.05) is 35.9 Å². The van der Waals surface area contributed by atoms with Gasteiger partial charge < -0.3 is 19.6 Å². The zero-order valence-electron chi connectivity index (χ0n) is 15.7. The van der Waals surface area contributed by atoms with E-state index >= 15 is 0 Å². The number of carbonyl (C=O) groups excluding carboxylic acids is 1. The normalized spacial score (nSPS) is 12.4. The summed E-state index contributed by atoms with van der Waals surface area (Å²) in [5.41, 5.74) is 0.519. The molecule has 0 saturated heterocycles. The van der Waals surface area contributed by atoms with E-state index in [9.17, 15) is 9.90 Å². The Hall–Kier alpha value is -2.76. The van der Waals surface area contributed by atoms with Crippen LogP contribution in [0.2, 0.25) is 5.02 Å². The van der Waals surface area contributed by atoms with Crippen LogP contribution in [-0.4, -0.2) is 23.2 Å². The number of nitrogens with one attached hydrogen (secondary N) is 1. The van der Waals surface area contributed by atoms with Crippen LogP contribution in [0.25, 0.3) is 11.3 Å². The molecule has 2 N–H and O–H groups in total. The largest absolute Gasteiger partial charge is 0.478 e. The lowest BCUT2D eigenvalue weighted by Crippen LogP contribution is -2.47. The van der Waals surface area contributed by atoms with E-state index in [1.54, 1.807) is 44.4 Å². The molecule has 1 unspecified atom stereocenters. The third-order valence-electron chi connectivity index (χ3n) is 4.29. The number of hydrogen-bond acceptors (Lipinski definition) is 4. The van der Waals surface area contributed by atoms with E-state index in [0.29, 0.717) is 16.3 Å². The minimum Gasteiger partial charge on any atom is -0.478 e. The maximum absolute atomic E-state index is 12.5. The molecule has 1 atom stereocenters. The van der Waals surface area contributed by atoms with Crippen molar-refractivity contribution in [1.82, 2.24) is 5.32 Å². The van der Waals surface area contributed by atoms with Gasteiger partial charge in [-0.3, -0.25) is 4.79 Å². The Labute approximate surface area is 168 Å². The minimum absolute atomic E-state index is 0.0757. The van der Waals surface area contributed by atoms with Crippen LogP contribution in [0.4, 0.5) is 0 Å². The number of furan rings is 1. The van der Waals surface area contributed by atoms with Gasteiger partial charge in [0.25, 0.3) is 5.91 Å². The first-order valence-electron chi connectivity index (χ1n) is 8.90. The van der Waals surface area contributed by atoms with Crippen molar-refractivity contribution in [3.8, 4) is 17.1 Å². The maximum Gasteiger partial charge on any atom is 0.263 e. The molecule has 1 heterocycles. The van der Waals surface area contributed by atoms with Gasteiger partial charge in [0.15, 0.2) is 5.60 Å². The summed E-state index contributed by atoms with van der Waals surface area (Å²) >= 11 is 5.86. The molecule has 0 spiro atoms. The van der Waals surface area contributed by atoms with Crippen LogP contribution in [-0.2, 0) is 4.79 Å². The topological polar surface area (TPSA) is 71.7 Å². The number of hydrogen-bond donors (Lipinski definition) is 2. The number of halogens is 1. The van der Waals surface area contributed by atoms with Crippen LogP contribution >= 0.6 is 11.6 Å². The molecule has 1 aromatic heterocycles. The van der Waals surface area contributed by atoms with Gasteiger partial charge in [-0.15, -0.1) is 0 Å². The molecule has 28 heavy (non-hydrogen) atoms. The molecule has 0 aliphatic carbocycles. The molecule has 3 rings (SSSR count). The molecule has 2 aromatic carbocycles. The SMILES string of the molecule is CC(C)(Oc1ccc(Cl)cc1)C(=O)NCC(O)c1ccc(-c2ccco2)cc1. The third kappa shape index (κ3) is 4.94. The van der Waals surface area contributed by atoms with Crippen LogP contribution in [0.15, 0.2) is 71.3 Å². The summed E-state index contributed by atoms with van der Waals surface area (Å²) < 4.78 is 11.1. The van der Waals surface area contributed by atoms with Gasteiger partial charge in [-0.25, -0.2) is 0 Å². The first kappa shape index (κ1) is 20.0. The molecule has 3 aromatic rings. The number of aliphatic hydroxyl groups excluding tert-OH is 1. The van der Waals surface area contributed by atoms with Gasteiger partial charge in [0.2, 0.25) is 0 Å². The average molecular weight is 400 g/mol. The van der Waals surface area contributed by atoms with Gasteiger partial charge in [0.1, 0.15) is 11.5 Å². The van der Waals surface area contributed by atoms with E-state index in [-0.39, 0.29) is 12.5 Å². The van der Waals surface area contributed by atoms with E-state index < -0.39 is 11.7 Å². The first-order chi connectivity index (χ1) is 13.3.